The molecule has 0 fully saturated rings. The lowest BCUT2D eigenvalue weighted by atomic mass is 10.1. The fourth-order valence-corrected chi connectivity index (χ4v) is 0.619. The van der Waals surface area contributed by atoms with Crippen molar-refractivity contribution in [1.82, 2.24) is 0 Å². The molecule has 0 aliphatic rings. The van der Waals surface area contributed by atoms with E-state index in [0.29, 0.717) is 12.3 Å². The summed E-state index contributed by atoms with van der Waals surface area (Å²) < 4.78 is 0. The van der Waals surface area contributed by atoms with E-state index in [0.717, 1.165) is 0 Å². The van der Waals surface area contributed by atoms with E-state index in [1.807, 2.05) is 13.8 Å². The van der Waals surface area contributed by atoms with Gasteiger partial charge in [-0.15, -0.1) is 0 Å². The Morgan fingerprint density at radius 2 is 1.88 bits per heavy atom. The molecule has 0 saturated carbocycles. The van der Waals surface area contributed by atoms with Gasteiger partial charge in [0.05, 0.1) is 12.7 Å². The van der Waals surface area contributed by atoms with Crippen molar-refractivity contribution in [1.29, 1.82) is 0 Å². The van der Waals surface area contributed by atoms with Crippen LogP contribution in [0.3, 0.4) is 0 Å². The van der Waals surface area contributed by atoms with Crippen LogP contribution in [0, 0.1) is 5.92 Å². The van der Waals surface area contributed by atoms with Gasteiger partial charge in [0.2, 0.25) is 0 Å². The van der Waals surface area contributed by atoms with Crippen LogP contribution in [-0.2, 0) is 0 Å². The van der Waals surface area contributed by atoms with E-state index in [1.165, 1.54) is 0 Å². The van der Waals surface area contributed by atoms with E-state index in [2.05, 4.69) is 0 Å². The van der Waals surface area contributed by atoms with Gasteiger partial charge in [0.1, 0.15) is 0 Å². The highest BCUT2D eigenvalue weighted by molar-refractivity contribution is 4.54. The van der Waals surface area contributed by atoms with Crippen molar-refractivity contribution in [3.63, 3.8) is 0 Å². The molecule has 0 unspecified atom stereocenters. The van der Waals surface area contributed by atoms with Gasteiger partial charge in [-0.1, -0.05) is 13.8 Å². The van der Waals surface area contributed by atoms with E-state index in [-0.39, 0.29) is 6.61 Å². The van der Waals surface area contributed by atoms with Crippen molar-refractivity contribution < 1.29 is 10.2 Å². The van der Waals surface area contributed by atoms with Crippen molar-refractivity contribution in [2.24, 2.45) is 5.92 Å². The molecule has 1 atom stereocenters. The lowest BCUT2D eigenvalue weighted by Crippen LogP contribution is -2.14. The molecular weight excluding hydrogens is 104 g/mol. The first-order chi connectivity index (χ1) is 3.66. The van der Waals surface area contributed by atoms with Crippen LogP contribution in [0.15, 0.2) is 0 Å². The summed E-state index contributed by atoms with van der Waals surface area (Å²) in [5.74, 6) is 0.470. The number of aliphatic hydroxyl groups excluding tert-OH is 2. The zero-order chi connectivity index (χ0) is 6.57. The first kappa shape index (κ1) is 7.92. The molecule has 0 aromatic rings. The van der Waals surface area contributed by atoms with Gasteiger partial charge in [-0.3, -0.25) is 0 Å². The van der Waals surface area contributed by atoms with Crippen LogP contribution in [0.4, 0.5) is 0 Å². The second-order valence-corrected chi connectivity index (χ2v) is 2.47. The van der Waals surface area contributed by atoms with Crippen molar-refractivity contribution in [3.05, 3.63) is 0 Å². The van der Waals surface area contributed by atoms with Crippen molar-refractivity contribution in [3.8, 4) is 0 Å². The lowest BCUT2D eigenvalue weighted by molar-refractivity contribution is 0.0782. The highest BCUT2D eigenvalue weighted by Gasteiger charge is 2.02. The third-order valence-corrected chi connectivity index (χ3v) is 0.954. The molecule has 0 aromatic heterocycles. The number of hydrogen-bond acceptors (Lipinski definition) is 2. The lowest BCUT2D eigenvalue weighted by Gasteiger charge is -2.08. The smallest absolute Gasteiger partial charge is 0.0773 e. The molecule has 0 saturated heterocycles. The van der Waals surface area contributed by atoms with E-state index < -0.39 is 6.10 Å². The monoisotopic (exact) mass is 118 g/mol. The highest BCUT2D eigenvalue weighted by Crippen LogP contribution is 2.02. The third-order valence-electron chi connectivity index (χ3n) is 0.954. The zero-order valence-corrected chi connectivity index (χ0v) is 5.46. The average molecular weight is 118 g/mol. The molecular formula is C6H14O2. The molecule has 50 valence electrons. The van der Waals surface area contributed by atoms with Crippen LogP contribution in [0.25, 0.3) is 0 Å². The maximum absolute atomic E-state index is 8.78. The Labute approximate surface area is 50.2 Å². The first-order valence-corrected chi connectivity index (χ1v) is 2.95. The summed E-state index contributed by atoms with van der Waals surface area (Å²) in [6, 6.07) is 0. The molecule has 2 N–H and O–H groups in total. The minimum Gasteiger partial charge on any atom is -0.394 e. The van der Waals surface area contributed by atoms with Gasteiger partial charge >= 0.3 is 0 Å². The molecule has 0 spiro atoms. The Morgan fingerprint density at radius 3 is 2.00 bits per heavy atom. The molecule has 0 amide bonds. The molecule has 0 heterocycles. The van der Waals surface area contributed by atoms with Gasteiger partial charge in [0, 0.05) is 0 Å². The van der Waals surface area contributed by atoms with E-state index in [1.54, 1.807) is 0 Å². The average Bonchev–Trinajstić information content (AvgIpc) is 1.65. The second kappa shape index (κ2) is 3.87. The Kier molecular flexibility index (Phi) is 3.83. The van der Waals surface area contributed by atoms with Crippen LogP contribution in [0.2, 0.25) is 0 Å². The molecule has 2 nitrogen and oxygen atoms in total. The Balaban J connectivity index is 3.10. The van der Waals surface area contributed by atoms with Crippen LogP contribution < -0.4 is 0 Å². The third kappa shape index (κ3) is 4.09. The number of rotatable bonds is 3. The Morgan fingerprint density at radius 1 is 1.38 bits per heavy atom. The standard InChI is InChI=1S/C6H14O2/c1-5(2)3-6(8)4-7/h5-8H,3-4H2,1-2H3/t6-/m1/s1. The maximum Gasteiger partial charge on any atom is 0.0773 e. The van der Waals surface area contributed by atoms with Crippen molar-refractivity contribution in [2.45, 2.75) is 26.4 Å². The summed E-state index contributed by atoms with van der Waals surface area (Å²) in [6.07, 6.45) is 0.172. The Hall–Kier alpha value is -0.0800. The summed E-state index contributed by atoms with van der Waals surface area (Å²) in [5, 5.41) is 17.1. The topological polar surface area (TPSA) is 40.5 Å². The number of hydrogen-bond donors (Lipinski definition) is 2. The van der Waals surface area contributed by atoms with E-state index >= 15 is 0 Å². The van der Waals surface area contributed by atoms with Gasteiger partial charge in [-0.25, -0.2) is 0 Å². The largest absolute Gasteiger partial charge is 0.394 e. The predicted octanol–water partition coefficient (Wildman–Crippen LogP) is 0.386. The minimum atomic E-state index is -0.519. The van der Waals surface area contributed by atoms with Crippen LogP contribution in [-0.4, -0.2) is 22.9 Å². The van der Waals surface area contributed by atoms with Gasteiger partial charge in [-0.05, 0) is 12.3 Å². The molecule has 0 aliphatic heterocycles. The summed E-state index contributed by atoms with van der Waals surface area (Å²) in [4.78, 5) is 0. The van der Waals surface area contributed by atoms with Gasteiger partial charge in [-0.2, -0.15) is 0 Å². The summed E-state index contributed by atoms with van der Waals surface area (Å²) in [7, 11) is 0. The molecule has 0 rings (SSSR count). The van der Waals surface area contributed by atoms with Crippen LogP contribution >= 0.6 is 0 Å². The van der Waals surface area contributed by atoms with Gasteiger partial charge in [0.25, 0.3) is 0 Å². The van der Waals surface area contributed by atoms with E-state index in [9.17, 15) is 0 Å². The van der Waals surface area contributed by atoms with Gasteiger partial charge < -0.3 is 10.2 Å². The number of aliphatic hydroxyl groups is 2. The predicted molar refractivity (Wildman–Crippen MR) is 32.5 cm³/mol. The van der Waals surface area contributed by atoms with Crippen LogP contribution in [0.5, 0.6) is 0 Å². The van der Waals surface area contributed by atoms with Gasteiger partial charge in [0.15, 0.2) is 0 Å². The normalized spacial score (nSPS) is 14.6. The summed E-state index contributed by atoms with van der Waals surface area (Å²) in [6.45, 7) is 3.91. The highest BCUT2D eigenvalue weighted by atomic mass is 16.3. The van der Waals surface area contributed by atoms with E-state index in [4.69, 9.17) is 10.2 Å². The summed E-state index contributed by atoms with van der Waals surface area (Å²) in [5.41, 5.74) is 0. The maximum atomic E-state index is 8.78. The molecule has 0 aromatic carbocycles. The second-order valence-electron chi connectivity index (χ2n) is 2.47. The quantitative estimate of drug-likeness (QED) is 0.562. The SMILES string of the molecule is CC(C)C[C@@H](O)CO. The first-order valence-electron chi connectivity index (χ1n) is 2.95. The minimum absolute atomic E-state index is 0.113. The molecule has 2 heteroatoms. The molecule has 8 heavy (non-hydrogen) atoms. The molecule has 0 radical (unpaired) electrons. The molecule has 0 aliphatic carbocycles. The van der Waals surface area contributed by atoms with Crippen molar-refractivity contribution in [2.75, 3.05) is 6.61 Å². The Bertz CT molecular complexity index is 52.5. The fraction of sp³-hybridized carbons (Fsp3) is 1.00. The van der Waals surface area contributed by atoms with Crippen LogP contribution in [0.1, 0.15) is 20.3 Å². The zero-order valence-electron chi connectivity index (χ0n) is 5.46. The summed E-state index contributed by atoms with van der Waals surface area (Å²) >= 11 is 0. The van der Waals surface area contributed by atoms with Crippen molar-refractivity contribution >= 4 is 0 Å². The molecule has 0 bridgehead atoms. The fourth-order valence-electron chi connectivity index (χ4n) is 0.619.